The number of ether oxygens (including phenoxy) is 1. The summed E-state index contributed by atoms with van der Waals surface area (Å²) in [6.45, 7) is -0.504. The van der Waals surface area contributed by atoms with Gasteiger partial charge >= 0.3 is 11.7 Å². The molecule has 0 aliphatic carbocycles. The number of nitrogens with one attached hydrogen (secondary N) is 1. The van der Waals surface area contributed by atoms with E-state index in [1.54, 1.807) is 0 Å². The third-order valence-electron chi connectivity index (χ3n) is 3.42. The molecule has 2 aromatic carbocycles. The number of thioether (sulfide) groups is 1. The van der Waals surface area contributed by atoms with Crippen LogP contribution in [0.1, 0.15) is 15.9 Å². The lowest BCUT2D eigenvalue weighted by Crippen LogP contribution is -2.23. The number of hydrogen-bond acceptors (Lipinski definition) is 4. The number of halogens is 6. The molecule has 0 aliphatic heterocycles. The van der Waals surface area contributed by atoms with Crippen LogP contribution in [0.25, 0.3) is 0 Å². The number of alkyl halides is 6. The number of carbonyl (C=O) groups is 1. The number of anilines is 1. The summed E-state index contributed by atoms with van der Waals surface area (Å²) in [6, 6.07) is 7.73. The maximum Gasteiger partial charge on any atom is 0.446 e. The first-order valence-corrected chi connectivity index (χ1v) is 8.96. The summed E-state index contributed by atoms with van der Waals surface area (Å²) in [6.07, 6.45) is -4.61. The molecule has 4 nitrogen and oxygen atoms in total. The molecule has 0 aliphatic rings. The van der Waals surface area contributed by atoms with Gasteiger partial charge < -0.3 is 15.8 Å². The summed E-state index contributed by atoms with van der Waals surface area (Å²) < 4.78 is 80.5. The number of rotatable bonds is 5. The van der Waals surface area contributed by atoms with Gasteiger partial charge in [0.15, 0.2) is 0 Å². The second-order valence-corrected chi connectivity index (χ2v) is 6.79. The van der Waals surface area contributed by atoms with Crippen LogP contribution < -0.4 is 15.8 Å². The topological polar surface area (TPSA) is 64.3 Å². The van der Waals surface area contributed by atoms with E-state index in [4.69, 9.17) is 10.5 Å². The summed E-state index contributed by atoms with van der Waals surface area (Å²) in [4.78, 5) is 11.9. The number of nitrogen functional groups attached to an aromatic ring is 1. The van der Waals surface area contributed by atoms with E-state index in [0.717, 1.165) is 30.3 Å². The van der Waals surface area contributed by atoms with Gasteiger partial charge in [-0.1, -0.05) is 11.8 Å². The molecule has 0 bridgehead atoms. The van der Waals surface area contributed by atoms with Crippen LogP contribution in [-0.2, 0) is 6.18 Å². The first-order chi connectivity index (χ1) is 14.0. The van der Waals surface area contributed by atoms with Crippen molar-refractivity contribution >= 4 is 23.4 Å². The zero-order chi connectivity index (χ0) is 22.4. The molecule has 0 fully saturated rings. The fraction of sp³-hybridized carbons (Fsp3) is 0.211. The summed E-state index contributed by atoms with van der Waals surface area (Å²) >= 11 is -0.297. The van der Waals surface area contributed by atoms with Crippen molar-refractivity contribution in [3.8, 4) is 17.6 Å². The molecule has 1 amide bonds. The first-order valence-electron chi connectivity index (χ1n) is 8.15. The van der Waals surface area contributed by atoms with Crippen molar-refractivity contribution in [3.05, 3.63) is 53.6 Å². The summed E-state index contributed by atoms with van der Waals surface area (Å²) in [7, 11) is 0. The quantitative estimate of drug-likeness (QED) is 0.301. The van der Waals surface area contributed by atoms with E-state index >= 15 is 0 Å². The highest BCUT2D eigenvalue weighted by atomic mass is 32.2. The maximum atomic E-state index is 12.9. The minimum absolute atomic E-state index is 0.0595. The molecule has 2 rings (SSSR count). The Labute approximate surface area is 171 Å². The van der Waals surface area contributed by atoms with Crippen LogP contribution in [0.2, 0.25) is 0 Å². The Balaban J connectivity index is 1.85. The minimum Gasteiger partial charge on any atom is -0.480 e. The highest BCUT2D eigenvalue weighted by Crippen LogP contribution is 2.37. The Morgan fingerprint density at radius 2 is 1.70 bits per heavy atom. The van der Waals surface area contributed by atoms with E-state index in [-0.39, 0.29) is 41.1 Å². The second kappa shape index (κ2) is 9.67. The highest BCUT2D eigenvalue weighted by molar-refractivity contribution is 8.00. The lowest BCUT2D eigenvalue weighted by Gasteiger charge is -2.13. The Kier molecular flexibility index (Phi) is 7.50. The molecule has 0 saturated heterocycles. The van der Waals surface area contributed by atoms with E-state index in [1.165, 1.54) is 12.1 Å². The van der Waals surface area contributed by atoms with Gasteiger partial charge in [-0.3, -0.25) is 4.79 Å². The van der Waals surface area contributed by atoms with Crippen LogP contribution >= 0.6 is 11.8 Å². The molecule has 0 unspecified atom stereocenters. The maximum absolute atomic E-state index is 12.9. The van der Waals surface area contributed by atoms with Gasteiger partial charge in [-0.2, -0.15) is 26.3 Å². The molecule has 3 N–H and O–H groups in total. The lowest BCUT2D eigenvalue weighted by atomic mass is 10.2. The number of nitrogens with two attached hydrogens (primary N) is 1. The fourth-order valence-electron chi connectivity index (χ4n) is 2.15. The zero-order valence-electron chi connectivity index (χ0n) is 15.0. The van der Waals surface area contributed by atoms with Crippen LogP contribution in [0.15, 0.2) is 47.4 Å². The molecule has 160 valence electrons. The SMILES string of the molecule is Nc1ccc(C(F)(F)F)c(OCC#CCNC(=O)c2ccc(SC(F)(F)F)cc2)c1. The molecule has 0 heterocycles. The molecular weight excluding hydrogens is 434 g/mol. The Morgan fingerprint density at radius 3 is 2.30 bits per heavy atom. The van der Waals surface area contributed by atoms with Crippen molar-refractivity contribution in [2.24, 2.45) is 0 Å². The lowest BCUT2D eigenvalue weighted by molar-refractivity contribution is -0.138. The predicted octanol–water partition coefficient (Wildman–Crippen LogP) is 4.71. The molecule has 30 heavy (non-hydrogen) atoms. The average molecular weight is 448 g/mol. The molecule has 2 aromatic rings. The Hall–Kier alpha value is -3.00. The van der Waals surface area contributed by atoms with Crippen molar-refractivity contribution in [1.29, 1.82) is 0 Å². The molecule has 0 aromatic heterocycles. The number of amides is 1. The average Bonchev–Trinajstić information content (AvgIpc) is 2.62. The standard InChI is InChI=1S/C19H14F6N2O2S/c20-18(21,22)15-8-5-13(26)11-16(15)29-10-2-1-9-27-17(28)12-3-6-14(7-4-12)30-19(23,24)25/h3-8,11H,9-10,26H2,(H,27,28). The second-order valence-electron chi connectivity index (χ2n) is 5.65. The van der Waals surface area contributed by atoms with Gasteiger partial charge in [0.1, 0.15) is 12.4 Å². The number of carbonyl (C=O) groups excluding carboxylic acids is 1. The summed E-state index contributed by atoms with van der Waals surface area (Å²) in [5.41, 5.74) is 0.282. The summed E-state index contributed by atoms with van der Waals surface area (Å²) in [5, 5.41) is 2.41. The summed E-state index contributed by atoms with van der Waals surface area (Å²) in [5.74, 6) is 3.92. The smallest absolute Gasteiger partial charge is 0.446 e. The first kappa shape index (κ1) is 23.3. The van der Waals surface area contributed by atoms with Gasteiger partial charge in [-0.15, -0.1) is 0 Å². The van der Waals surface area contributed by atoms with Crippen molar-refractivity contribution in [1.82, 2.24) is 5.32 Å². The van der Waals surface area contributed by atoms with Crippen molar-refractivity contribution < 1.29 is 35.9 Å². The van der Waals surface area contributed by atoms with E-state index in [9.17, 15) is 31.1 Å². The van der Waals surface area contributed by atoms with Gasteiger partial charge in [-0.05, 0) is 48.2 Å². The van der Waals surface area contributed by atoms with Crippen molar-refractivity contribution in [2.45, 2.75) is 16.6 Å². The normalized spacial score (nSPS) is 11.4. The highest BCUT2D eigenvalue weighted by Gasteiger charge is 2.34. The molecular formula is C19H14F6N2O2S. The minimum atomic E-state index is -4.61. The van der Waals surface area contributed by atoms with E-state index in [1.807, 2.05) is 0 Å². The van der Waals surface area contributed by atoms with Crippen LogP contribution in [0.3, 0.4) is 0 Å². The van der Waals surface area contributed by atoms with Gasteiger partial charge in [0, 0.05) is 22.2 Å². The van der Waals surface area contributed by atoms with Crippen LogP contribution in [0.4, 0.5) is 32.0 Å². The van der Waals surface area contributed by atoms with Gasteiger partial charge in [0.2, 0.25) is 0 Å². The number of benzene rings is 2. The van der Waals surface area contributed by atoms with E-state index in [0.29, 0.717) is 0 Å². The third-order valence-corrected chi connectivity index (χ3v) is 4.16. The van der Waals surface area contributed by atoms with Crippen molar-refractivity contribution in [2.75, 3.05) is 18.9 Å². The molecule has 0 saturated carbocycles. The van der Waals surface area contributed by atoms with Gasteiger partial charge in [-0.25, -0.2) is 0 Å². The van der Waals surface area contributed by atoms with Crippen molar-refractivity contribution in [3.63, 3.8) is 0 Å². The Morgan fingerprint density at radius 1 is 1.03 bits per heavy atom. The molecule has 0 atom stereocenters. The van der Waals surface area contributed by atoms with Crippen LogP contribution in [-0.4, -0.2) is 24.6 Å². The monoisotopic (exact) mass is 448 g/mol. The predicted molar refractivity (Wildman–Crippen MR) is 99.8 cm³/mol. The van der Waals surface area contributed by atoms with Gasteiger partial charge in [0.25, 0.3) is 5.91 Å². The van der Waals surface area contributed by atoms with E-state index in [2.05, 4.69) is 17.2 Å². The Bertz CT molecular complexity index is 947. The van der Waals surface area contributed by atoms with Crippen LogP contribution in [0.5, 0.6) is 5.75 Å². The third kappa shape index (κ3) is 7.44. The zero-order valence-corrected chi connectivity index (χ0v) is 15.8. The van der Waals surface area contributed by atoms with Crippen LogP contribution in [0, 0.1) is 11.8 Å². The van der Waals surface area contributed by atoms with Gasteiger partial charge in [0.05, 0.1) is 12.1 Å². The molecule has 11 heteroatoms. The largest absolute Gasteiger partial charge is 0.480 e. The number of hydrogen-bond donors (Lipinski definition) is 2. The molecule has 0 spiro atoms. The van der Waals surface area contributed by atoms with E-state index < -0.39 is 28.9 Å². The molecule has 0 radical (unpaired) electrons. The fourth-order valence-corrected chi connectivity index (χ4v) is 2.69.